The third-order valence-corrected chi connectivity index (χ3v) is 4.68. The van der Waals surface area contributed by atoms with Gasteiger partial charge in [-0.2, -0.15) is 0 Å². The molecule has 0 radical (unpaired) electrons. The summed E-state index contributed by atoms with van der Waals surface area (Å²) in [6.07, 6.45) is 7.15. The van der Waals surface area contributed by atoms with Crippen molar-refractivity contribution in [2.75, 3.05) is 6.54 Å². The largest absolute Gasteiger partial charge is 0.313 e. The van der Waals surface area contributed by atoms with E-state index in [1.807, 2.05) is 0 Å². The van der Waals surface area contributed by atoms with E-state index in [0.717, 1.165) is 18.4 Å². The van der Waals surface area contributed by atoms with E-state index in [4.69, 9.17) is 0 Å². The molecule has 1 nitrogen and oxygen atoms in total. The van der Waals surface area contributed by atoms with E-state index in [2.05, 4.69) is 44.3 Å². The second-order valence-electron chi connectivity index (χ2n) is 6.52. The standard InChI is InChI=1S/C18H29N/c1-14-4-7-17(8-5-14)10-11-19-13-18-9-6-15(2)12-16(18)3/h6,9,12,14,17,19H,4-5,7-8,10-11,13H2,1-3H3. The number of aryl methyl sites for hydroxylation is 2. The van der Waals surface area contributed by atoms with E-state index >= 15 is 0 Å². The molecule has 2 rings (SSSR count). The van der Waals surface area contributed by atoms with Crippen LogP contribution in [0.1, 0.15) is 55.7 Å². The Morgan fingerprint density at radius 2 is 1.84 bits per heavy atom. The zero-order valence-electron chi connectivity index (χ0n) is 12.8. The summed E-state index contributed by atoms with van der Waals surface area (Å²) in [5.41, 5.74) is 4.22. The van der Waals surface area contributed by atoms with Gasteiger partial charge in [0.1, 0.15) is 0 Å². The van der Waals surface area contributed by atoms with Crippen molar-refractivity contribution in [3.8, 4) is 0 Å². The summed E-state index contributed by atoms with van der Waals surface area (Å²) in [4.78, 5) is 0. The van der Waals surface area contributed by atoms with Crippen LogP contribution in [0.3, 0.4) is 0 Å². The molecular weight excluding hydrogens is 230 g/mol. The zero-order chi connectivity index (χ0) is 13.7. The first-order chi connectivity index (χ1) is 9.15. The molecule has 1 aromatic rings. The van der Waals surface area contributed by atoms with Crippen LogP contribution in [0.2, 0.25) is 0 Å². The molecule has 1 aromatic carbocycles. The molecule has 0 heterocycles. The van der Waals surface area contributed by atoms with Crippen LogP contribution in [0.15, 0.2) is 18.2 Å². The van der Waals surface area contributed by atoms with Crippen molar-refractivity contribution in [1.29, 1.82) is 0 Å². The lowest BCUT2D eigenvalue weighted by Gasteiger charge is -2.26. The molecule has 1 aliphatic carbocycles. The molecule has 19 heavy (non-hydrogen) atoms. The lowest BCUT2D eigenvalue weighted by atomic mass is 9.81. The predicted molar refractivity (Wildman–Crippen MR) is 83.4 cm³/mol. The Hall–Kier alpha value is -0.820. The summed E-state index contributed by atoms with van der Waals surface area (Å²) in [7, 11) is 0. The van der Waals surface area contributed by atoms with Gasteiger partial charge in [-0.3, -0.25) is 0 Å². The van der Waals surface area contributed by atoms with Crippen LogP contribution in [-0.4, -0.2) is 6.54 Å². The van der Waals surface area contributed by atoms with Crippen molar-refractivity contribution in [3.63, 3.8) is 0 Å². The zero-order valence-corrected chi connectivity index (χ0v) is 12.8. The van der Waals surface area contributed by atoms with Crippen LogP contribution < -0.4 is 5.32 Å². The van der Waals surface area contributed by atoms with Crippen LogP contribution in [0.25, 0.3) is 0 Å². The van der Waals surface area contributed by atoms with Gasteiger partial charge in [0, 0.05) is 6.54 Å². The summed E-state index contributed by atoms with van der Waals surface area (Å²) in [5.74, 6) is 1.95. The van der Waals surface area contributed by atoms with Gasteiger partial charge in [0.25, 0.3) is 0 Å². The fraction of sp³-hybridized carbons (Fsp3) is 0.667. The highest BCUT2D eigenvalue weighted by Crippen LogP contribution is 2.29. The Labute approximate surface area is 118 Å². The fourth-order valence-corrected chi connectivity index (χ4v) is 3.19. The van der Waals surface area contributed by atoms with Gasteiger partial charge in [-0.1, -0.05) is 56.4 Å². The lowest BCUT2D eigenvalue weighted by molar-refractivity contribution is 0.275. The molecule has 1 saturated carbocycles. The lowest BCUT2D eigenvalue weighted by Crippen LogP contribution is -2.20. The molecule has 1 N–H and O–H groups in total. The molecule has 0 aromatic heterocycles. The van der Waals surface area contributed by atoms with Crippen molar-refractivity contribution in [3.05, 3.63) is 34.9 Å². The topological polar surface area (TPSA) is 12.0 Å². The number of hydrogen-bond acceptors (Lipinski definition) is 1. The summed E-state index contributed by atoms with van der Waals surface area (Å²) in [5, 5.41) is 3.62. The molecule has 1 heteroatoms. The van der Waals surface area contributed by atoms with Crippen molar-refractivity contribution >= 4 is 0 Å². The minimum atomic E-state index is 0.972. The van der Waals surface area contributed by atoms with Gasteiger partial charge < -0.3 is 5.32 Å². The van der Waals surface area contributed by atoms with Crippen molar-refractivity contribution in [2.24, 2.45) is 11.8 Å². The number of hydrogen-bond donors (Lipinski definition) is 1. The first-order valence-corrected chi connectivity index (χ1v) is 7.92. The number of rotatable bonds is 5. The van der Waals surface area contributed by atoms with E-state index in [1.165, 1.54) is 55.3 Å². The SMILES string of the molecule is Cc1ccc(CNCCC2CCC(C)CC2)c(C)c1. The van der Waals surface area contributed by atoms with Gasteiger partial charge in [0.05, 0.1) is 0 Å². The Kier molecular flexibility index (Phi) is 5.45. The summed E-state index contributed by atoms with van der Waals surface area (Å²) in [6.45, 7) is 8.97. The Morgan fingerprint density at radius 3 is 2.53 bits per heavy atom. The second-order valence-corrected chi connectivity index (χ2v) is 6.52. The van der Waals surface area contributed by atoms with Crippen molar-refractivity contribution in [1.82, 2.24) is 5.32 Å². The van der Waals surface area contributed by atoms with Crippen molar-refractivity contribution < 1.29 is 0 Å². The summed E-state index contributed by atoms with van der Waals surface area (Å²) in [6, 6.07) is 6.76. The summed E-state index contributed by atoms with van der Waals surface area (Å²) < 4.78 is 0. The highest BCUT2D eigenvalue weighted by atomic mass is 14.8. The van der Waals surface area contributed by atoms with Gasteiger partial charge >= 0.3 is 0 Å². The smallest absolute Gasteiger partial charge is 0.0208 e. The maximum Gasteiger partial charge on any atom is 0.0208 e. The summed E-state index contributed by atoms with van der Waals surface area (Å²) >= 11 is 0. The predicted octanol–water partition coefficient (Wildman–Crippen LogP) is 4.61. The third-order valence-electron chi connectivity index (χ3n) is 4.68. The average Bonchev–Trinajstić information content (AvgIpc) is 2.39. The number of benzene rings is 1. The second kappa shape index (κ2) is 7.09. The van der Waals surface area contributed by atoms with Crippen molar-refractivity contribution in [2.45, 2.75) is 59.4 Å². The van der Waals surface area contributed by atoms with E-state index in [9.17, 15) is 0 Å². The Bertz CT molecular complexity index is 389. The molecule has 1 fully saturated rings. The fourth-order valence-electron chi connectivity index (χ4n) is 3.19. The van der Waals surface area contributed by atoms with E-state index in [0.29, 0.717) is 0 Å². The Morgan fingerprint density at radius 1 is 1.11 bits per heavy atom. The van der Waals surface area contributed by atoms with Gasteiger partial charge in [0.2, 0.25) is 0 Å². The first-order valence-electron chi connectivity index (χ1n) is 7.92. The molecule has 0 aliphatic heterocycles. The molecule has 0 unspecified atom stereocenters. The first kappa shape index (κ1) is 14.6. The molecule has 106 valence electrons. The van der Waals surface area contributed by atoms with Crippen LogP contribution in [-0.2, 0) is 6.54 Å². The van der Waals surface area contributed by atoms with E-state index in [1.54, 1.807) is 0 Å². The maximum absolute atomic E-state index is 3.62. The van der Waals surface area contributed by atoms with E-state index in [-0.39, 0.29) is 0 Å². The molecule has 0 saturated heterocycles. The third kappa shape index (κ3) is 4.65. The quantitative estimate of drug-likeness (QED) is 0.761. The van der Waals surface area contributed by atoms with Crippen LogP contribution in [0.5, 0.6) is 0 Å². The average molecular weight is 259 g/mol. The van der Waals surface area contributed by atoms with Gasteiger partial charge in [-0.15, -0.1) is 0 Å². The highest BCUT2D eigenvalue weighted by Gasteiger charge is 2.17. The van der Waals surface area contributed by atoms with Gasteiger partial charge in [-0.05, 0) is 49.8 Å². The van der Waals surface area contributed by atoms with Crippen LogP contribution in [0.4, 0.5) is 0 Å². The van der Waals surface area contributed by atoms with Gasteiger partial charge in [0.15, 0.2) is 0 Å². The number of nitrogens with one attached hydrogen (secondary N) is 1. The maximum atomic E-state index is 3.62. The molecule has 0 amide bonds. The Balaban J connectivity index is 1.66. The van der Waals surface area contributed by atoms with E-state index < -0.39 is 0 Å². The molecule has 1 aliphatic rings. The minimum Gasteiger partial charge on any atom is -0.313 e. The van der Waals surface area contributed by atoms with Crippen LogP contribution in [0, 0.1) is 25.7 Å². The normalized spacial score (nSPS) is 23.5. The molecular formula is C18H29N. The molecule has 0 bridgehead atoms. The highest BCUT2D eigenvalue weighted by molar-refractivity contribution is 5.30. The minimum absolute atomic E-state index is 0.972. The molecule has 0 spiro atoms. The van der Waals surface area contributed by atoms with Crippen LogP contribution >= 0.6 is 0 Å². The monoisotopic (exact) mass is 259 g/mol. The van der Waals surface area contributed by atoms with Gasteiger partial charge in [-0.25, -0.2) is 0 Å². The molecule has 0 atom stereocenters.